The summed E-state index contributed by atoms with van der Waals surface area (Å²) >= 11 is 9.05. The van der Waals surface area contributed by atoms with E-state index in [2.05, 4.69) is 9.98 Å². The number of halogens is 1. The molecule has 3 heterocycles. The monoisotopic (exact) mass is 456 g/mol. The number of aliphatic imine (C=N–C) groups is 1. The first kappa shape index (κ1) is 19.4. The van der Waals surface area contributed by atoms with Gasteiger partial charge >= 0.3 is 0 Å². The van der Waals surface area contributed by atoms with Crippen molar-refractivity contribution in [3.63, 3.8) is 0 Å². The van der Waals surface area contributed by atoms with E-state index in [0.29, 0.717) is 39.3 Å². The number of nitrogens with zero attached hydrogens (tertiary/aromatic N) is 2. The Bertz CT molecular complexity index is 1270. The van der Waals surface area contributed by atoms with Gasteiger partial charge in [-0.25, -0.2) is 9.98 Å². The molecule has 1 aliphatic carbocycles. The molecule has 1 aliphatic heterocycles. The summed E-state index contributed by atoms with van der Waals surface area (Å²) in [5.41, 5.74) is 14.8. The summed E-state index contributed by atoms with van der Waals surface area (Å²) in [6.07, 6.45) is 3.43. The van der Waals surface area contributed by atoms with Crippen LogP contribution in [0.3, 0.4) is 0 Å². The minimum atomic E-state index is -0.432. The Kier molecular flexibility index (Phi) is 4.92. The molecule has 3 aromatic rings. The van der Waals surface area contributed by atoms with Gasteiger partial charge in [0.2, 0.25) is 0 Å². The van der Waals surface area contributed by atoms with Crippen LogP contribution in [0.1, 0.15) is 30.9 Å². The molecule has 0 amide bonds. The van der Waals surface area contributed by atoms with Gasteiger partial charge in [-0.05, 0) is 54.9 Å². The standard InChI is InChI=1S/C21H17ClN4O2S2/c22-10-4-6-16-13(8-10)26-21(29-16)30-17-7-5-15(28-17)18-11(9-23)20(24)25-12-2-1-3-14(27)19(12)18/h4-9,18H,1-3,23H2,(H2,24,25)/b11-9-. The van der Waals surface area contributed by atoms with Gasteiger partial charge in [-0.3, -0.25) is 4.79 Å². The average molecular weight is 457 g/mol. The number of amidine groups is 1. The zero-order chi connectivity index (χ0) is 20.8. The van der Waals surface area contributed by atoms with E-state index in [-0.39, 0.29) is 5.78 Å². The molecule has 5 rings (SSSR count). The third-order valence-electron chi connectivity index (χ3n) is 5.16. The van der Waals surface area contributed by atoms with Crippen LogP contribution in [0.4, 0.5) is 0 Å². The largest absolute Gasteiger partial charge is 0.453 e. The van der Waals surface area contributed by atoms with Gasteiger partial charge in [0.25, 0.3) is 0 Å². The molecule has 0 spiro atoms. The average Bonchev–Trinajstić information content (AvgIpc) is 3.33. The third kappa shape index (κ3) is 3.34. The second-order valence-electron chi connectivity index (χ2n) is 7.04. The number of aromatic nitrogens is 1. The molecule has 6 nitrogen and oxygen atoms in total. The molecule has 0 fully saturated rings. The van der Waals surface area contributed by atoms with Crippen molar-refractivity contribution in [1.82, 2.24) is 4.98 Å². The van der Waals surface area contributed by atoms with Crippen LogP contribution in [0, 0.1) is 0 Å². The zero-order valence-corrected chi connectivity index (χ0v) is 18.1. The normalized spacial score (nSPS) is 20.7. The smallest absolute Gasteiger partial charge is 0.167 e. The highest BCUT2D eigenvalue weighted by Gasteiger charge is 2.37. The number of nitrogens with two attached hydrogens (primary N) is 2. The van der Waals surface area contributed by atoms with Crippen molar-refractivity contribution in [2.45, 2.75) is 34.6 Å². The van der Waals surface area contributed by atoms with Crippen LogP contribution < -0.4 is 11.5 Å². The Balaban J connectivity index is 1.49. The van der Waals surface area contributed by atoms with Gasteiger partial charge in [0.05, 0.1) is 21.8 Å². The topological polar surface area (TPSA) is 108 Å². The van der Waals surface area contributed by atoms with Crippen LogP contribution in [-0.2, 0) is 4.79 Å². The lowest BCUT2D eigenvalue weighted by atomic mass is 9.78. The van der Waals surface area contributed by atoms with Crippen LogP contribution >= 0.6 is 34.7 Å². The fourth-order valence-corrected chi connectivity index (χ4v) is 5.95. The van der Waals surface area contributed by atoms with Gasteiger partial charge in [0.15, 0.2) is 15.2 Å². The van der Waals surface area contributed by atoms with E-state index in [1.54, 1.807) is 11.3 Å². The number of benzene rings is 1. The molecule has 0 bridgehead atoms. The lowest BCUT2D eigenvalue weighted by Crippen LogP contribution is -2.30. The number of carbonyl (C=O) groups excluding carboxylic acids is 1. The molecule has 9 heteroatoms. The third-order valence-corrected chi connectivity index (χ3v) is 7.42. The Labute approximate surface area is 185 Å². The molecule has 0 saturated heterocycles. The molecule has 0 saturated carbocycles. The first-order valence-electron chi connectivity index (χ1n) is 9.39. The highest BCUT2D eigenvalue weighted by molar-refractivity contribution is 8.01. The maximum atomic E-state index is 12.7. The lowest BCUT2D eigenvalue weighted by Gasteiger charge is -2.29. The Morgan fingerprint density at radius 2 is 2.13 bits per heavy atom. The number of Topliss-reactive ketones (excluding diaryl/α,β-unsaturated/α-hetero) is 1. The molecule has 1 aromatic carbocycles. The number of rotatable bonds is 3. The van der Waals surface area contributed by atoms with Crippen molar-refractivity contribution in [1.29, 1.82) is 0 Å². The number of fused-ring (bicyclic) bond motifs is 1. The Morgan fingerprint density at radius 3 is 2.97 bits per heavy atom. The molecule has 1 unspecified atom stereocenters. The van der Waals surface area contributed by atoms with E-state index in [1.807, 2.05) is 30.3 Å². The van der Waals surface area contributed by atoms with Crippen molar-refractivity contribution in [2.24, 2.45) is 16.5 Å². The van der Waals surface area contributed by atoms with Crippen LogP contribution in [0.25, 0.3) is 10.2 Å². The van der Waals surface area contributed by atoms with E-state index < -0.39 is 5.92 Å². The minimum absolute atomic E-state index is 0.0745. The molecular weight excluding hydrogens is 440 g/mol. The van der Waals surface area contributed by atoms with Gasteiger partial charge in [0.1, 0.15) is 11.6 Å². The maximum absolute atomic E-state index is 12.7. The molecule has 30 heavy (non-hydrogen) atoms. The summed E-state index contributed by atoms with van der Waals surface area (Å²) in [5.74, 6) is 0.605. The molecular formula is C21H17ClN4O2S2. The van der Waals surface area contributed by atoms with Gasteiger partial charge in [-0.2, -0.15) is 0 Å². The Hall–Kier alpha value is -2.55. The van der Waals surface area contributed by atoms with Gasteiger partial charge in [-0.15, -0.1) is 11.3 Å². The number of allylic oxidation sites excluding steroid dienone is 2. The molecule has 2 aliphatic rings. The summed E-state index contributed by atoms with van der Waals surface area (Å²) in [4.78, 5) is 21.7. The van der Waals surface area contributed by atoms with Crippen molar-refractivity contribution < 1.29 is 9.21 Å². The van der Waals surface area contributed by atoms with Crippen molar-refractivity contribution in [2.75, 3.05) is 0 Å². The number of furan rings is 1. The summed E-state index contributed by atoms with van der Waals surface area (Å²) in [6.45, 7) is 0. The van der Waals surface area contributed by atoms with Crippen molar-refractivity contribution in [3.8, 4) is 0 Å². The van der Waals surface area contributed by atoms with Gasteiger partial charge < -0.3 is 15.9 Å². The second kappa shape index (κ2) is 7.61. The first-order chi connectivity index (χ1) is 14.5. The predicted molar refractivity (Wildman–Crippen MR) is 120 cm³/mol. The molecule has 1 atom stereocenters. The molecule has 152 valence electrons. The first-order valence-corrected chi connectivity index (χ1v) is 11.4. The number of thiazole rings is 1. The number of carbonyl (C=O) groups is 1. The second-order valence-corrected chi connectivity index (χ2v) is 9.76. The SMILES string of the molecule is N/C=C1\C(N)=NC2=C(C(=O)CCC2)C1c1ccc(Sc2nc3cc(Cl)ccc3s2)o1. The van der Waals surface area contributed by atoms with Crippen LogP contribution in [0.15, 0.2) is 72.2 Å². The van der Waals surface area contributed by atoms with E-state index in [0.717, 1.165) is 33.1 Å². The van der Waals surface area contributed by atoms with Gasteiger partial charge in [0, 0.05) is 28.8 Å². The van der Waals surface area contributed by atoms with Crippen LogP contribution in [0.2, 0.25) is 5.02 Å². The quantitative estimate of drug-likeness (QED) is 0.574. The number of ketones is 1. The fraction of sp³-hybridized carbons (Fsp3) is 0.190. The lowest BCUT2D eigenvalue weighted by molar-refractivity contribution is -0.116. The van der Waals surface area contributed by atoms with E-state index in [4.69, 9.17) is 27.5 Å². The number of hydrogen-bond acceptors (Lipinski definition) is 8. The van der Waals surface area contributed by atoms with Crippen molar-refractivity contribution in [3.05, 3.63) is 64.2 Å². The van der Waals surface area contributed by atoms with E-state index in [9.17, 15) is 4.79 Å². The number of hydrogen-bond donors (Lipinski definition) is 2. The zero-order valence-electron chi connectivity index (χ0n) is 15.7. The van der Waals surface area contributed by atoms with Gasteiger partial charge in [-0.1, -0.05) is 11.6 Å². The fourth-order valence-electron chi connectivity index (χ4n) is 3.83. The summed E-state index contributed by atoms with van der Waals surface area (Å²) in [5, 5.41) is 1.33. The molecule has 2 aromatic heterocycles. The predicted octanol–water partition coefficient (Wildman–Crippen LogP) is 5.00. The van der Waals surface area contributed by atoms with E-state index >= 15 is 0 Å². The molecule has 4 N–H and O–H groups in total. The molecule has 0 radical (unpaired) electrons. The summed E-state index contributed by atoms with van der Waals surface area (Å²) in [7, 11) is 0. The summed E-state index contributed by atoms with van der Waals surface area (Å²) in [6, 6.07) is 9.40. The maximum Gasteiger partial charge on any atom is 0.167 e. The minimum Gasteiger partial charge on any atom is -0.453 e. The Morgan fingerprint density at radius 1 is 1.27 bits per heavy atom. The highest BCUT2D eigenvalue weighted by atomic mass is 35.5. The van der Waals surface area contributed by atoms with E-state index in [1.165, 1.54) is 18.0 Å². The highest BCUT2D eigenvalue weighted by Crippen LogP contribution is 2.44. The van der Waals surface area contributed by atoms with Crippen LogP contribution in [-0.4, -0.2) is 16.6 Å². The van der Waals surface area contributed by atoms with Crippen LogP contribution in [0.5, 0.6) is 0 Å². The van der Waals surface area contributed by atoms with Crippen molar-refractivity contribution >= 4 is 56.5 Å². The summed E-state index contributed by atoms with van der Waals surface area (Å²) < 4.78 is 8.04.